The Morgan fingerprint density at radius 3 is 2.33 bits per heavy atom. The zero-order chi connectivity index (χ0) is 12.4. The van der Waals surface area contributed by atoms with Gasteiger partial charge in [-0.15, -0.1) is 0 Å². The van der Waals surface area contributed by atoms with Gasteiger partial charge < -0.3 is 10.2 Å². The molecular formula is C15H20N2O. The highest BCUT2D eigenvalue weighted by Crippen LogP contribution is 2.22. The SMILES string of the molecule is O=C(NC1CC1)c1ccc(N2CCCCC2)cc1. The van der Waals surface area contributed by atoms with Crippen molar-refractivity contribution >= 4 is 11.6 Å². The molecule has 1 aliphatic carbocycles. The van der Waals surface area contributed by atoms with Gasteiger partial charge in [0.25, 0.3) is 5.91 Å². The number of hydrogen-bond acceptors (Lipinski definition) is 2. The Bertz CT molecular complexity index is 417. The molecule has 3 nitrogen and oxygen atoms in total. The van der Waals surface area contributed by atoms with Crippen molar-refractivity contribution in [3.8, 4) is 0 Å². The predicted molar refractivity (Wildman–Crippen MR) is 73.0 cm³/mol. The van der Waals surface area contributed by atoms with Gasteiger partial charge in [-0.05, 0) is 56.4 Å². The Morgan fingerprint density at radius 2 is 1.72 bits per heavy atom. The molecule has 3 heteroatoms. The van der Waals surface area contributed by atoms with Gasteiger partial charge in [-0.1, -0.05) is 0 Å². The summed E-state index contributed by atoms with van der Waals surface area (Å²) in [5.41, 5.74) is 2.03. The van der Waals surface area contributed by atoms with Gasteiger partial charge in [-0.25, -0.2) is 0 Å². The molecule has 1 saturated heterocycles. The summed E-state index contributed by atoms with van der Waals surface area (Å²) in [6.45, 7) is 2.29. The number of amides is 1. The number of benzene rings is 1. The van der Waals surface area contributed by atoms with Crippen LogP contribution in [0.5, 0.6) is 0 Å². The van der Waals surface area contributed by atoms with Gasteiger partial charge in [0.1, 0.15) is 0 Å². The summed E-state index contributed by atoms with van der Waals surface area (Å²) in [5.74, 6) is 0.0719. The number of carbonyl (C=O) groups is 1. The van der Waals surface area contributed by atoms with Crippen LogP contribution in [0.15, 0.2) is 24.3 Å². The maximum absolute atomic E-state index is 11.9. The fourth-order valence-electron chi connectivity index (χ4n) is 2.47. The largest absolute Gasteiger partial charge is 0.372 e. The van der Waals surface area contributed by atoms with Crippen molar-refractivity contribution in [3.05, 3.63) is 29.8 Å². The Labute approximate surface area is 108 Å². The highest BCUT2D eigenvalue weighted by atomic mass is 16.1. The first-order valence-corrected chi connectivity index (χ1v) is 6.99. The molecule has 1 aromatic carbocycles. The van der Waals surface area contributed by atoms with E-state index in [2.05, 4.69) is 22.3 Å². The lowest BCUT2D eigenvalue weighted by Crippen LogP contribution is -2.29. The number of nitrogens with zero attached hydrogens (tertiary/aromatic N) is 1. The maximum Gasteiger partial charge on any atom is 0.251 e. The Balaban J connectivity index is 1.65. The summed E-state index contributed by atoms with van der Waals surface area (Å²) in [6.07, 6.45) is 6.18. The monoisotopic (exact) mass is 244 g/mol. The maximum atomic E-state index is 11.9. The normalized spacial score (nSPS) is 19.7. The third-order valence-corrected chi connectivity index (χ3v) is 3.76. The summed E-state index contributed by atoms with van der Waals surface area (Å²) >= 11 is 0. The van der Waals surface area contributed by atoms with E-state index in [0.29, 0.717) is 6.04 Å². The molecule has 3 rings (SSSR count). The third kappa shape index (κ3) is 2.66. The van der Waals surface area contributed by atoms with Crippen LogP contribution in [0, 0.1) is 0 Å². The molecule has 1 aliphatic heterocycles. The summed E-state index contributed by atoms with van der Waals surface area (Å²) in [5, 5.41) is 3.02. The van der Waals surface area contributed by atoms with Crippen LogP contribution in [0.4, 0.5) is 5.69 Å². The van der Waals surface area contributed by atoms with E-state index in [9.17, 15) is 4.79 Å². The molecular weight excluding hydrogens is 224 g/mol. The average molecular weight is 244 g/mol. The van der Waals surface area contributed by atoms with Crippen molar-refractivity contribution in [3.63, 3.8) is 0 Å². The number of piperidine rings is 1. The van der Waals surface area contributed by atoms with E-state index in [1.807, 2.05) is 12.1 Å². The molecule has 1 saturated carbocycles. The van der Waals surface area contributed by atoms with Crippen molar-refractivity contribution in [2.75, 3.05) is 18.0 Å². The van der Waals surface area contributed by atoms with Crippen LogP contribution in [-0.2, 0) is 0 Å². The first-order chi connectivity index (χ1) is 8.83. The summed E-state index contributed by atoms with van der Waals surface area (Å²) < 4.78 is 0. The molecule has 2 fully saturated rings. The molecule has 0 radical (unpaired) electrons. The summed E-state index contributed by atoms with van der Waals surface area (Å²) in [4.78, 5) is 14.3. The average Bonchev–Trinajstić information content (AvgIpc) is 3.24. The van der Waals surface area contributed by atoms with Crippen LogP contribution in [0.25, 0.3) is 0 Å². The second kappa shape index (κ2) is 5.01. The van der Waals surface area contributed by atoms with E-state index >= 15 is 0 Å². The van der Waals surface area contributed by atoms with Crippen molar-refractivity contribution in [1.82, 2.24) is 5.32 Å². The van der Waals surface area contributed by atoms with Crippen LogP contribution in [-0.4, -0.2) is 25.0 Å². The van der Waals surface area contributed by atoms with E-state index in [1.165, 1.54) is 24.9 Å². The fourth-order valence-corrected chi connectivity index (χ4v) is 2.47. The molecule has 1 amide bonds. The molecule has 0 unspecified atom stereocenters. The van der Waals surface area contributed by atoms with Crippen LogP contribution < -0.4 is 10.2 Å². The zero-order valence-electron chi connectivity index (χ0n) is 10.7. The van der Waals surface area contributed by atoms with Gasteiger partial charge in [0, 0.05) is 30.4 Å². The molecule has 2 aliphatic rings. The van der Waals surface area contributed by atoms with Gasteiger partial charge >= 0.3 is 0 Å². The van der Waals surface area contributed by atoms with Crippen molar-refractivity contribution in [2.45, 2.75) is 38.1 Å². The van der Waals surface area contributed by atoms with Crippen LogP contribution in [0.1, 0.15) is 42.5 Å². The quantitative estimate of drug-likeness (QED) is 0.886. The third-order valence-electron chi connectivity index (χ3n) is 3.76. The molecule has 1 heterocycles. The molecule has 0 aromatic heterocycles. The van der Waals surface area contributed by atoms with Gasteiger partial charge in [-0.2, -0.15) is 0 Å². The molecule has 18 heavy (non-hydrogen) atoms. The van der Waals surface area contributed by atoms with Crippen LogP contribution in [0.3, 0.4) is 0 Å². The highest BCUT2D eigenvalue weighted by molar-refractivity contribution is 5.94. The first-order valence-electron chi connectivity index (χ1n) is 6.99. The topological polar surface area (TPSA) is 32.3 Å². The summed E-state index contributed by atoms with van der Waals surface area (Å²) in [6, 6.07) is 8.48. The van der Waals surface area contributed by atoms with Gasteiger partial charge in [0.05, 0.1) is 0 Å². The van der Waals surface area contributed by atoms with Gasteiger partial charge in [-0.3, -0.25) is 4.79 Å². The van der Waals surface area contributed by atoms with E-state index < -0.39 is 0 Å². The van der Waals surface area contributed by atoms with E-state index in [-0.39, 0.29) is 5.91 Å². The second-order valence-electron chi connectivity index (χ2n) is 5.34. The summed E-state index contributed by atoms with van der Waals surface area (Å²) in [7, 11) is 0. The standard InChI is InChI=1S/C15H20N2O/c18-15(16-13-6-7-13)12-4-8-14(9-5-12)17-10-2-1-3-11-17/h4-5,8-9,13H,1-3,6-7,10-11H2,(H,16,18). The Kier molecular flexibility index (Phi) is 3.22. The zero-order valence-corrected chi connectivity index (χ0v) is 10.7. The number of rotatable bonds is 3. The van der Waals surface area contributed by atoms with E-state index in [1.54, 1.807) is 0 Å². The highest BCUT2D eigenvalue weighted by Gasteiger charge is 2.23. The van der Waals surface area contributed by atoms with Gasteiger partial charge in [0.15, 0.2) is 0 Å². The fraction of sp³-hybridized carbons (Fsp3) is 0.533. The smallest absolute Gasteiger partial charge is 0.251 e. The lowest BCUT2D eigenvalue weighted by Gasteiger charge is -2.28. The number of nitrogens with one attached hydrogen (secondary N) is 1. The number of hydrogen-bond donors (Lipinski definition) is 1. The minimum absolute atomic E-state index is 0.0719. The number of anilines is 1. The minimum Gasteiger partial charge on any atom is -0.372 e. The van der Waals surface area contributed by atoms with Gasteiger partial charge in [0.2, 0.25) is 0 Å². The molecule has 0 atom stereocenters. The Hall–Kier alpha value is -1.51. The predicted octanol–water partition coefficient (Wildman–Crippen LogP) is 2.57. The lowest BCUT2D eigenvalue weighted by molar-refractivity contribution is 0.0951. The first kappa shape index (κ1) is 11.6. The molecule has 0 spiro atoms. The molecule has 0 bridgehead atoms. The molecule has 1 N–H and O–H groups in total. The van der Waals surface area contributed by atoms with Crippen molar-refractivity contribution in [1.29, 1.82) is 0 Å². The number of carbonyl (C=O) groups excluding carboxylic acids is 1. The lowest BCUT2D eigenvalue weighted by atomic mass is 10.1. The minimum atomic E-state index is 0.0719. The second-order valence-corrected chi connectivity index (χ2v) is 5.34. The molecule has 1 aromatic rings. The van der Waals surface area contributed by atoms with Crippen molar-refractivity contribution in [2.24, 2.45) is 0 Å². The van der Waals surface area contributed by atoms with Crippen LogP contribution >= 0.6 is 0 Å². The van der Waals surface area contributed by atoms with Crippen LogP contribution in [0.2, 0.25) is 0 Å². The Morgan fingerprint density at radius 1 is 1.06 bits per heavy atom. The van der Waals surface area contributed by atoms with Crippen molar-refractivity contribution < 1.29 is 4.79 Å². The van der Waals surface area contributed by atoms with E-state index in [4.69, 9.17) is 0 Å². The molecule has 96 valence electrons. The van der Waals surface area contributed by atoms with E-state index in [0.717, 1.165) is 31.5 Å².